The number of nitrogens with one attached hydrogen (secondary N) is 1. The van der Waals surface area contributed by atoms with Gasteiger partial charge in [0.2, 0.25) is 0 Å². The number of hydrogen-bond donors (Lipinski definition) is 4. The van der Waals surface area contributed by atoms with Crippen LogP contribution >= 0.6 is 0 Å². The predicted octanol–water partition coefficient (Wildman–Crippen LogP) is -0.652. The quantitative estimate of drug-likeness (QED) is 0.543. The molecule has 0 aromatic carbocycles. The Morgan fingerprint density at radius 2 is 2.05 bits per heavy atom. The van der Waals surface area contributed by atoms with E-state index >= 15 is 0 Å². The van der Waals surface area contributed by atoms with Crippen LogP contribution in [0.3, 0.4) is 0 Å². The van der Waals surface area contributed by atoms with Gasteiger partial charge in [0.05, 0.1) is 17.7 Å². The second-order valence-corrected chi connectivity index (χ2v) is 4.82. The molecule has 1 saturated heterocycles. The van der Waals surface area contributed by atoms with Crippen LogP contribution in [0.15, 0.2) is 4.79 Å². The first-order valence-corrected chi connectivity index (χ1v) is 6.39. The topological polar surface area (TPSA) is 103 Å². The van der Waals surface area contributed by atoms with E-state index in [1.54, 1.807) is 0 Å². The van der Waals surface area contributed by atoms with Gasteiger partial charge in [0.25, 0.3) is 5.56 Å². The molecule has 0 aliphatic carbocycles. The summed E-state index contributed by atoms with van der Waals surface area (Å²) in [6.45, 7) is 2.28. The van der Waals surface area contributed by atoms with E-state index in [2.05, 4.69) is 16.8 Å². The lowest BCUT2D eigenvalue weighted by atomic mass is 9.98. The Labute approximate surface area is 120 Å². The third-order valence-corrected chi connectivity index (χ3v) is 3.49. The van der Waals surface area contributed by atoms with Gasteiger partial charge in [0.15, 0.2) is 0 Å². The molecule has 1 aromatic heterocycles. The molecule has 7 heteroatoms. The third kappa shape index (κ3) is 2.59. The lowest BCUT2D eigenvalue weighted by Gasteiger charge is -2.18. The Hall–Kier alpha value is -1.72. The fourth-order valence-corrected chi connectivity index (χ4v) is 2.31. The number of H-pyrrole nitrogens is 1. The van der Waals surface area contributed by atoms with Crippen molar-refractivity contribution in [1.29, 1.82) is 0 Å². The molecule has 4 atom stereocenters. The maximum absolute atomic E-state index is 14.4. The van der Waals surface area contributed by atoms with Crippen LogP contribution in [0, 0.1) is 24.6 Å². The summed E-state index contributed by atoms with van der Waals surface area (Å²) in [5.41, 5.74) is -0.922. The Bertz CT molecular complexity index is 660. The van der Waals surface area contributed by atoms with E-state index in [1.165, 1.54) is 13.8 Å². The van der Waals surface area contributed by atoms with Crippen molar-refractivity contribution in [1.82, 2.24) is 4.98 Å². The van der Waals surface area contributed by atoms with Gasteiger partial charge in [-0.1, -0.05) is 5.92 Å². The Kier molecular flexibility index (Phi) is 4.44. The lowest BCUT2D eigenvalue weighted by molar-refractivity contribution is -0.0239. The number of aliphatic hydroxyl groups is 3. The average Bonchev–Trinajstić information content (AvgIpc) is 2.73. The second kappa shape index (κ2) is 5.95. The maximum atomic E-state index is 14.4. The Morgan fingerprint density at radius 3 is 2.57 bits per heavy atom. The first kappa shape index (κ1) is 15.7. The minimum absolute atomic E-state index is 0.0135. The van der Waals surface area contributed by atoms with E-state index in [0.29, 0.717) is 0 Å². The zero-order valence-electron chi connectivity index (χ0n) is 11.6. The highest BCUT2D eigenvalue weighted by molar-refractivity contribution is 5.41. The van der Waals surface area contributed by atoms with Gasteiger partial charge in [-0.25, -0.2) is 4.39 Å². The van der Waals surface area contributed by atoms with Crippen LogP contribution in [0.2, 0.25) is 0 Å². The minimum atomic E-state index is -1.43. The summed E-state index contributed by atoms with van der Waals surface area (Å²) in [6.07, 6.45) is -5.03. The van der Waals surface area contributed by atoms with Crippen molar-refractivity contribution in [2.75, 3.05) is 6.61 Å². The van der Waals surface area contributed by atoms with Crippen LogP contribution in [0.1, 0.15) is 29.8 Å². The molecular formula is C14H16FNO5. The molecule has 0 amide bonds. The average molecular weight is 297 g/mol. The van der Waals surface area contributed by atoms with Gasteiger partial charge in [-0.2, -0.15) is 0 Å². The van der Waals surface area contributed by atoms with Crippen molar-refractivity contribution < 1.29 is 24.4 Å². The number of rotatable bonds is 2. The molecular weight excluding hydrogens is 281 g/mol. The van der Waals surface area contributed by atoms with E-state index in [9.17, 15) is 19.4 Å². The van der Waals surface area contributed by atoms with Gasteiger partial charge in [0, 0.05) is 0 Å². The number of aliphatic hydroxyl groups excluding tert-OH is 3. The van der Waals surface area contributed by atoms with E-state index in [1.807, 2.05) is 0 Å². The number of halogens is 1. The number of aromatic nitrogens is 1. The van der Waals surface area contributed by atoms with Crippen LogP contribution in [0.5, 0.6) is 0 Å². The molecule has 0 bridgehead atoms. The first-order valence-electron chi connectivity index (χ1n) is 6.39. The highest BCUT2D eigenvalue weighted by Gasteiger charge is 2.45. The van der Waals surface area contributed by atoms with Gasteiger partial charge in [-0.3, -0.25) is 4.79 Å². The first-order chi connectivity index (χ1) is 9.92. The van der Waals surface area contributed by atoms with Gasteiger partial charge >= 0.3 is 0 Å². The molecule has 4 N–H and O–H groups in total. The summed E-state index contributed by atoms with van der Waals surface area (Å²) in [4.78, 5) is 14.0. The van der Waals surface area contributed by atoms with Crippen molar-refractivity contribution in [3.8, 4) is 11.8 Å². The van der Waals surface area contributed by atoms with E-state index in [0.717, 1.165) is 0 Å². The Morgan fingerprint density at radius 1 is 1.38 bits per heavy atom. The van der Waals surface area contributed by atoms with Crippen LogP contribution in [-0.4, -0.2) is 45.2 Å². The van der Waals surface area contributed by atoms with Crippen molar-refractivity contribution in [3.63, 3.8) is 0 Å². The fraction of sp³-hybridized carbons (Fsp3) is 0.500. The molecule has 2 rings (SSSR count). The fourth-order valence-electron chi connectivity index (χ4n) is 2.31. The second-order valence-electron chi connectivity index (χ2n) is 4.82. The molecule has 1 aliphatic heterocycles. The van der Waals surface area contributed by atoms with Crippen LogP contribution in [0.4, 0.5) is 4.39 Å². The summed E-state index contributed by atoms with van der Waals surface area (Å²) in [5, 5.41) is 28.8. The Balaban J connectivity index is 2.60. The molecule has 1 aromatic rings. The summed E-state index contributed by atoms with van der Waals surface area (Å²) in [6, 6.07) is 0. The molecule has 0 spiro atoms. The zero-order chi connectivity index (χ0) is 15.7. The standard InChI is InChI=1S/C14H16FNO5/c1-3-4-7-9(10(15)6(2)14(20)16-7)13-12(19)11(18)8(5-17)21-13/h8,11-13,17-19H,5H2,1-2H3,(H,16,20)/t8-,11?,12+,13+/m1/s1. The van der Waals surface area contributed by atoms with E-state index < -0.39 is 42.4 Å². The van der Waals surface area contributed by atoms with Gasteiger partial charge < -0.3 is 25.0 Å². The molecule has 0 radical (unpaired) electrons. The van der Waals surface area contributed by atoms with Gasteiger partial charge in [-0.05, 0) is 19.8 Å². The minimum Gasteiger partial charge on any atom is -0.394 e. The molecule has 21 heavy (non-hydrogen) atoms. The van der Waals surface area contributed by atoms with Crippen molar-refractivity contribution in [2.45, 2.75) is 38.3 Å². The van der Waals surface area contributed by atoms with Crippen LogP contribution in [0.25, 0.3) is 0 Å². The molecule has 6 nitrogen and oxygen atoms in total. The maximum Gasteiger partial charge on any atom is 0.254 e. The molecule has 1 unspecified atom stereocenters. The highest BCUT2D eigenvalue weighted by Crippen LogP contribution is 2.36. The molecule has 0 saturated carbocycles. The monoisotopic (exact) mass is 297 g/mol. The summed E-state index contributed by atoms with van der Waals surface area (Å²) >= 11 is 0. The summed E-state index contributed by atoms with van der Waals surface area (Å²) in [7, 11) is 0. The molecule has 114 valence electrons. The van der Waals surface area contributed by atoms with Crippen LogP contribution < -0.4 is 5.56 Å². The number of pyridine rings is 1. The van der Waals surface area contributed by atoms with E-state index in [4.69, 9.17) is 9.84 Å². The third-order valence-electron chi connectivity index (χ3n) is 3.49. The SMILES string of the molecule is CC#Cc1[nH]c(=O)c(C)c(F)c1[C@@H]1O[C@H](CO)C(O)[C@@H]1O. The molecule has 2 heterocycles. The molecule has 1 aliphatic rings. The predicted molar refractivity (Wildman–Crippen MR) is 71.0 cm³/mol. The molecule has 1 fully saturated rings. The number of ether oxygens (including phenoxy) is 1. The largest absolute Gasteiger partial charge is 0.394 e. The normalized spacial score (nSPS) is 28.3. The summed E-state index contributed by atoms with van der Waals surface area (Å²) in [5.74, 6) is 4.25. The van der Waals surface area contributed by atoms with Crippen LogP contribution in [-0.2, 0) is 4.74 Å². The van der Waals surface area contributed by atoms with Gasteiger partial charge in [0.1, 0.15) is 35.9 Å². The highest BCUT2D eigenvalue weighted by atomic mass is 19.1. The lowest BCUT2D eigenvalue weighted by Crippen LogP contribution is -2.32. The van der Waals surface area contributed by atoms with Crippen molar-refractivity contribution in [3.05, 3.63) is 33.0 Å². The van der Waals surface area contributed by atoms with Crippen molar-refractivity contribution in [2.24, 2.45) is 0 Å². The smallest absolute Gasteiger partial charge is 0.254 e. The number of aromatic amines is 1. The van der Waals surface area contributed by atoms with E-state index in [-0.39, 0.29) is 16.8 Å². The summed E-state index contributed by atoms with van der Waals surface area (Å²) < 4.78 is 19.7. The van der Waals surface area contributed by atoms with Crippen molar-refractivity contribution >= 4 is 0 Å². The zero-order valence-corrected chi connectivity index (χ0v) is 11.6. The van der Waals surface area contributed by atoms with Gasteiger partial charge in [-0.15, -0.1) is 0 Å². The number of hydrogen-bond acceptors (Lipinski definition) is 5.